The van der Waals surface area contributed by atoms with Crippen LogP contribution in [-0.4, -0.2) is 19.5 Å². The second kappa shape index (κ2) is 16.1. The summed E-state index contributed by atoms with van der Waals surface area (Å²) in [6.45, 7) is 0. The third-order valence-corrected chi connectivity index (χ3v) is 13.8. The zero-order chi connectivity index (χ0) is 46.1. The van der Waals surface area contributed by atoms with E-state index in [1.165, 1.54) is 21.8 Å². The highest BCUT2D eigenvalue weighted by Crippen LogP contribution is 2.46. The fourth-order valence-electron chi connectivity index (χ4n) is 10.5. The summed E-state index contributed by atoms with van der Waals surface area (Å²) in [5.74, 6) is 0.675. The normalized spacial score (nSPS) is 11.7. The molecule has 0 radical (unpaired) electrons. The fourth-order valence-corrected chi connectivity index (χ4v) is 10.5. The van der Waals surface area contributed by atoms with E-state index < -0.39 is 0 Å². The second-order valence-corrected chi connectivity index (χ2v) is 17.9. The molecule has 0 aliphatic rings. The number of hydrogen-bond acceptors (Lipinski definition) is 4. The number of fused-ring (bicyclic) bond motifs is 9. The summed E-state index contributed by atoms with van der Waals surface area (Å²) in [6, 6.07) is 85.5. The Morgan fingerprint density at radius 1 is 0.314 bits per heavy atom. The van der Waals surface area contributed by atoms with E-state index in [4.69, 9.17) is 19.4 Å². The number of para-hydroxylation sites is 4. The predicted molar refractivity (Wildman–Crippen MR) is 289 cm³/mol. The highest BCUT2D eigenvalue weighted by Gasteiger charge is 2.22. The van der Waals surface area contributed by atoms with Crippen molar-refractivity contribution in [2.75, 3.05) is 0 Å². The fraction of sp³-hybridized carbons (Fsp3) is 0. The number of hydrogen-bond donors (Lipinski definition) is 0. The quantitative estimate of drug-likeness (QED) is 0.150. The standard InChI is InChI=1S/C65H40N4O/c1-3-15-43(16-4-1)55-40-56(44-35-37-48(38-36-44)69-57-24-12-8-19-49(57)50-20-9-13-25-58(50)69)68-65(67-55)47-33-29-42(30-34-47)41-27-31-45(32-28-41)61-62-51-21-7-11-23-54(51)66-64(46-17-5-2-6-18-46)53(62)39-60-63(61)52-22-10-14-26-59(52)70-60/h1-40H. The van der Waals surface area contributed by atoms with E-state index in [0.717, 1.165) is 111 Å². The Balaban J connectivity index is 0.849. The molecule has 0 atom stereocenters. The topological polar surface area (TPSA) is 56.7 Å². The number of nitrogens with zero attached hydrogens (tertiary/aromatic N) is 4. The summed E-state index contributed by atoms with van der Waals surface area (Å²) < 4.78 is 8.98. The van der Waals surface area contributed by atoms with Crippen molar-refractivity contribution in [3.05, 3.63) is 243 Å². The molecule has 0 aliphatic carbocycles. The lowest BCUT2D eigenvalue weighted by atomic mass is 9.89. The minimum absolute atomic E-state index is 0.675. The molecule has 14 aromatic rings. The number of rotatable bonds is 7. The van der Waals surface area contributed by atoms with Gasteiger partial charge in [-0.25, -0.2) is 15.0 Å². The van der Waals surface area contributed by atoms with Crippen molar-refractivity contribution in [1.82, 2.24) is 19.5 Å². The van der Waals surface area contributed by atoms with E-state index in [1.54, 1.807) is 0 Å². The van der Waals surface area contributed by atoms with Crippen LogP contribution in [0.2, 0.25) is 0 Å². The van der Waals surface area contributed by atoms with E-state index in [0.29, 0.717) is 5.82 Å². The van der Waals surface area contributed by atoms with E-state index in [1.807, 2.05) is 18.2 Å². The molecule has 0 amide bonds. The lowest BCUT2D eigenvalue weighted by Crippen LogP contribution is -1.97. The van der Waals surface area contributed by atoms with Gasteiger partial charge in [0.2, 0.25) is 0 Å². The Morgan fingerprint density at radius 2 is 0.814 bits per heavy atom. The number of benzene rings is 10. The maximum absolute atomic E-state index is 6.64. The molecular weight excluding hydrogens is 853 g/mol. The monoisotopic (exact) mass is 892 g/mol. The van der Waals surface area contributed by atoms with Crippen molar-refractivity contribution >= 4 is 65.4 Å². The first-order chi connectivity index (χ1) is 34.7. The molecule has 4 heterocycles. The maximum atomic E-state index is 6.64. The Kier molecular flexibility index (Phi) is 9.14. The molecule has 0 fully saturated rings. The van der Waals surface area contributed by atoms with Crippen LogP contribution in [0.1, 0.15) is 0 Å². The highest BCUT2D eigenvalue weighted by atomic mass is 16.3. The summed E-state index contributed by atoms with van der Waals surface area (Å²) >= 11 is 0. The average molecular weight is 893 g/mol. The molecular formula is C65H40N4O. The summed E-state index contributed by atoms with van der Waals surface area (Å²) in [4.78, 5) is 15.7. The van der Waals surface area contributed by atoms with Gasteiger partial charge in [0, 0.05) is 71.2 Å². The lowest BCUT2D eigenvalue weighted by Gasteiger charge is -2.16. The molecule has 0 unspecified atom stereocenters. The van der Waals surface area contributed by atoms with Crippen molar-refractivity contribution in [1.29, 1.82) is 0 Å². The highest BCUT2D eigenvalue weighted by molar-refractivity contribution is 6.27. The Morgan fingerprint density at radius 3 is 1.47 bits per heavy atom. The van der Waals surface area contributed by atoms with Crippen LogP contribution in [0, 0.1) is 0 Å². The molecule has 5 heteroatoms. The average Bonchev–Trinajstić information content (AvgIpc) is 3.98. The summed E-state index contributed by atoms with van der Waals surface area (Å²) in [6.07, 6.45) is 0. The molecule has 0 bridgehead atoms. The largest absolute Gasteiger partial charge is 0.456 e. The predicted octanol–water partition coefficient (Wildman–Crippen LogP) is 17.2. The SMILES string of the molecule is c1ccc(-c2cc(-c3ccc(-n4c5ccccc5c5ccccc54)cc3)nc(-c3ccc(-c4ccc(-c5c6c(cc7c(-c8ccccc8)nc8ccccc8c57)oc5ccccc56)cc4)cc3)n2)cc1. The third-order valence-electron chi connectivity index (χ3n) is 13.8. The van der Waals surface area contributed by atoms with Gasteiger partial charge in [-0.15, -0.1) is 0 Å². The number of aromatic nitrogens is 4. The molecule has 0 aliphatic heterocycles. The minimum Gasteiger partial charge on any atom is -0.456 e. The van der Waals surface area contributed by atoms with Gasteiger partial charge in [0.15, 0.2) is 5.82 Å². The van der Waals surface area contributed by atoms with Crippen LogP contribution in [0.25, 0.3) is 139 Å². The molecule has 0 spiro atoms. The van der Waals surface area contributed by atoms with E-state index >= 15 is 0 Å². The van der Waals surface area contributed by atoms with E-state index in [-0.39, 0.29) is 0 Å². The Bertz CT molecular complexity index is 4260. The van der Waals surface area contributed by atoms with Gasteiger partial charge in [0.05, 0.1) is 33.6 Å². The number of pyridine rings is 1. The zero-order valence-electron chi connectivity index (χ0n) is 37.8. The molecule has 326 valence electrons. The smallest absolute Gasteiger partial charge is 0.160 e. The van der Waals surface area contributed by atoms with Crippen LogP contribution in [0.4, 0.5) is 0 Å². The van der Waals surface area contributed by atoms with E-state index in [2.05, 4.69) is 229 Å². The molecule has 5 nitrogen and oxygen atoms in total. The van der Waals surface area contributed by atoms with Gasteiger partial charge in [-0.3, -0.25) is 0 Å². The summed E-state index contributed by atoms with van der Waals surface area (Å²) in [5.41, 5.74) is 17.4. The minimum atomic E-state index is 0.675. The van der Waals surface area contributed by atoms with Crippen LogP contribution >= 0.6 is 0 Å². The number of furan rings is 1. The van der Waals surface area contributed by atoms with E-state index in [9.17, 15) is 0 Å². The van der Waals surface area contributed by atoms with Crippen molar-refractivity contribution in [2.24, 2.45) is 0 Å². The van der Waals surface area contributed by atoms with Crippen LogP contribution in [0.3, 0.4) is 0 Å². The summed E-state index contributed by atoms with van der Waals surface area (Å²) in [7, 11) is 0. The van der Waals surface area contributed by atoms with Gasteiger partial charge >= 0.3 is 0 Å². The Labute approximate surface area is 403 Å². The van der Waals surface area contributed by atoms with Crippen LogP contribution in [-0.2, 0) is 0 Å². The van der Waals surface area contributed by atoms with Crippen molar-refractivity contribution in [3.63, 3.8) is 0 Å². The van der Waals surface area contributed by atoms with Crippen LogP contribution in [0.15, 0.2) is 247 Å². The second-order valence-electron chi connectivity index (χ2n) is 17.9. The van der Waals surface area contributed by atoms with Gasteiger partial charge in [0.1, 0.15) is 11.2 Å². The van der Waals surface area contributed by atoms with Crippen LogP contribution < -0.4 is 0 Å². The third kappa shape index (κ3) is 6.51. The molecule has 10 aromatic carbocycles. The molecule has 0 N–H and O–H groups in total. The van der Waals surface area contributed by atoms with Crippen molar-refractivity contribution < 1.29 is 4.42 Å². The first kappa shape index (κ1) is 39.7. The van der Waals surface area contributed by atoms with Gasteiger partial charge in [-0.2, -0.15) is 0 Å². The molecule has 70 heavy (non-hydrogen) atoms. The molecule has 0 saturated carbocycles. The van der Waals surface area contributed by atoms with Crippen molar-refractivity contribution in [3.8, 4) is 73.1 Å². The van der Waals surface area contributed by atoms with Gasteiger partial charge in [-0.05, 0) is 65.2 Å². The Hall–Kier alpha value is -9.45. The lowest BCUT2D eigenvalue weighted by molar-refractivity contribution is 0.669. The summed E-state index contributed by atoms with van der Waals surface area (Å²) in [5, 5.41) is 8.02. The van der Waals surface area contributed by atoms with Gasteiger partial charge < -0.3 is 8.98 Å². The van der Waals surface area contributed by atoms with Crippen molar-refractivity contribution in [2.45, 2.75) is 0 Å². The molecule has 14 rings (SSSR count). The van der Waals surface area contributed by atoms with Crippen LogP contribution in [0.5, 0.6) is 0 Å². The van der Waals surface area contributed by atoms with Gasteiger partial charge in [-0.1, -0.05) is 194 Å². The first-order valence-electron chi connectivity index (χ1n) is 23.7. The first-order valence-corrected chi connectivity index (χ1v) is 23.7. The van der Waals surface area contributed by atoms with Gasteiger partial charge in [0.25, 0.3) is 0 Å². The zero-order valence-corrected chi connectivity index (χ0v) is 37.8. The maximum Gasteiger partial charge on any atom is 0.160 e. The molecule has 4 aromatic heterocycles. The molecule has 0 saturated heterocycles.